The van der Waals surface area contributed by atoms with Crippen LogP contribution in [0.1, 0.15) is 0 Å². The number of hydrogen-bond acceptors (Lipinski definition) is 13. The van der Waals surface area contributed by atoms with Crippen molar-refractivity contribution in [1.82, 2.24) is 0 Å². The Balaban J connectivity index is 6.38. The van der Waals surface area contributed by atoms with Gasteiger partial charge < -0.3 is 62.8 Å². The van der Waals surface area contributed by atoms with Crippen molar-refractivity contribution in [2.24, 2.45) is 34.4 Å². The molecular formula is C8H12N6O13. The van der Waals surface area contributed by atoms with Crippen molar-refractivity contribution in [1.29, 1.82) is 0 Å². The van der Waals surface area contributed by atoms with Gasteiger partial charge in [0.1, 0.15) is 0 Å². The highest BCUT2D eigenvalue weighted by Crippen LogP contribution is 2.29. The molecule has 0 aliphatic rings. The third-order valence-corrected chi connectivity index (χ3v) is 1.60. The molecule has 27 heavy (non-hydrogen) atoms. The molecule has 0 saturated carbocycles. The summed E-state index contributed by atoms with van der Waals surface area (Å²) in [7, 11) is 0. The highest BCUT2D eigenvalue weighted by atomic mass is 17.1. The first-order valence-corrected chi connectivity index (χ1v) is 5.81. The van der Waals surface area contributed by atoms with Crippen LogP contribution in [-0.4, -0.2) is 48.9 Å². The van der Waals surface area contributed by atoms with E-state index in [2.05, 4.69) is 67.6 Å². The minimum absolute atomic E-state index is 1.93. The van der Waals surface area contributed by atoms with Crippen molar-refractivity contribution in [3.8, 4) is 0 Å². The van der Waals surface area contributed by atoms with Crippen LogP contribution < -0.4 is 34.4 Å². The third kappa shape index (κ3) is 8.30. The molecule has 0 aliphatic heterocycles. The van der Waals surface area contributed by atoms with E-state index in [1.165, 1.54) is 0 Å². The Hall–Kier alpha value is -4.42. The van der Waals surface area contributed by atoms with Gasteiger partial charge in [-0.05, 0) is 0 Å². The molecule has 0 aromatic rings. The van der Waals surface area contributed by atoms with Crippen LogP contribution in [0.3, 0.4) is 0 Å². The second-order valence-electron chi connectivity index (χ2n) is 3.63. The molecule has 12 N–H and O–H groups in total. The molecule has 0 aromatic carbocycles. The van der Waals surface area contributed by atoms with Crippen LogP contribution in [0, 0.1) is 0 Å². The Bertz CT molecular complexity index is 513. The Morgan fingerprint density at radius 3 is 0.667 bits per heavy atom. The molecule has 0 fully saturated rings. The summed E-state index contributed by atoms with van der Waals surface area (Å²) in [5, 5.41) is 0. The molecule has 0 rings (SSSR count). The maximum atomic E-state index is 11.0. The number of carbonyl (C=O) groups is 6. The number of nitrogens with two attached hydrogens (primary N) is 6. The van der Waals surface area contributed by atoms with Crippen LogP contribution in [0.25, 0.3) is 0 Å². The van der Waals surface area contributed by atoms with Crippen molar-refractivity contribution in [2.75, 3.05) is 0 Å². The van der Waals surface area contributed by atoms with Crippen LogP contribution >= 0.6 is 0 Å². The normalized spacial score (nSPS) is 10.7. The van der Waals surface area contributed by atoms with E-state index in [9.17, 15) is 28.8 Å². The number of hydrogen-bond donors (Lipinski definition) is 6. The molecule has 19 nitrogen and oxygen atoms in total. The van der Waals surface area contributed by atoms with Gasteiger partial charge in [-0.15, -0.1) is 0 Å². The number of amides is 6. The van der Waals surface area contributed by atoms with Crippen molar-refractivity contribution in [2.45, 2.75) is 12.3 Å². The third-order valence-electron chi connectivity index (χ3n) is 1.60. The van der Waals surface area contributed by atoms with Gasteiger partial charge >= 0.3 is 48.9 Å². The molecule has 0 radical (unpaired) electrons. The molecule has 0 aliphatic carbocycles. The van der Waals surface area contributed by atoms with Gasteiger partial charge in [0.2, 0.25) is 0 Å². The zero-order valence-corrected chi connectivity index (χ0v) is 12.8. The lowest BCUT2D eigenvalue weighted by Crippen LogP contribution is -2.60. The predicted molar refractivity (Wildman–Crippen MR) is 70.6 cm³/mol. The van der Waals surface area contributed by atoms with Crippen molar-refractivity contribution in [3.63, 3.8) is 0 Å². The zero-order chi connectivity index (χ0) is 21.4. The molecule has 0 aromatic heterocycles. The lowest BCUT2D eigenvalue weighted by Gasteiger charge is -2.34. The number of carbonyl (C=O) groups excluding carboxylic acids is 6. The maximum absolute atomic E-state index is 11.0. The van der Waals surface area contributed by atoms with Gasteiger partial charge in [0.25, 0.3) is 0 Å². The molecule has 6 amide bonds. The van der Waals surface area contributed by atoms with Gasteiger partial charge in [0.05, 0.1) is 0 Å². The van der Waals surface area contributed by atoms with Crippen molar-refractivity contribution >= 4 is 36.6 Å². The topological polar surface area (TPSA) is 323 Å². The summed E-state index contributed by atoms with van der Waals surface area (Å²) in [6, 6.07) is 0. The summed E-state index contributed by atoms with van der Waals surface area (Å²) in [6.07, 6.45) is -19.4. The molecule has 0 atom stereocenters. The van der Waals surface area contributed by atoms with E-state index in [1.54, 1.807) is 0 Å². The second-order valence-corrected chi connectivity index (χ2v) is 3.63. The SMILES string of the molecule is NC(=O)OC(OC(N)=O)(OC(N)=O)OC(OC(N)=O)(OC(N)=O)OC(N)=O. The Morgan fingerprint density at radius 1 is 0.407 bits per heavy atom. The standard InChI is InChI=1S/C8H12N6O13/c9-1(15)21-7(22-2(10)16,23-3(11)17)27-8(24-4(12)18,25-5(13)19)26-6(14)20/h(H2,9,15)(H2,10,16)(H2,11,17)(H2,12,18)(H2,13,19)(H2,14,20). The average Bonchev–Trinajstić information content (AvgIpc) is 2.30. The summed E-state index contributed by atoms with van der Waals surface area (Å²) in [4.78, 5) is 65.9. The van der Waals surface area contributed by atoms with Crippen LogP contribution in [0.15, 0.2) is 0 Å². The van der Waals surface area contributed by atoms with E-state index in [1.807, 2.05) is 0 Å². The van der Waals surface area contributed by atoms with Gasteiger partial charge in [0.15, 0.2) is 0 Å². The fourth-order valence-corrected chi connectivity index (χ4v) is 1.14. The van der Waals surface area contributed by atoms with Gasteiger partial charge in [-0.25, -0.2) is 28.8 Å². The lowest BCUT2D eigenvalue weighted by atomic mass is 10.8. The highest BCUT2D eigenvalue weighted by molar-refractivity contribution is 5.70. The molecule has 152 valence electrons. The average molecular weight is 400 g/mol. The molecule has 0 unspecified atom stereocenters. The molecule has 0 saturated heterocycles. The van der Waals surface area contributed by atoms with E-state index in [4.69, 9.17) is 0 Å². The Labute approximate surface area is 146 Å². The van der Waals surface area contributed by atoms with Gasteiger partial charge in [-0.2, -0.15) is 4.74 Å². The first-order valence-electron chi connectivity index (χ1n) is 5.81. The van der Waals surface area contributed by atoms with Crippen molar-refractivity contribution in [3.05, 3.63) is 0 Å². The monoisotopic (exact) mass is 400 g/mol. The molecular weight excluding hydrogens is 388 g/mol. The lowest BCUT2D eigenvalue weighted by molar-refractivity contribution is -0.563. The minimum Gasteiger partial charge on any atom is -0.346 e. The number of rotatable bonds is 8. The van der Waals surface area contributed by atoms with E-state index in [0.29, 0.717) is 0 Å². The van der Waals surface area contributed by atoms with Crippen LogP contribution in [-0.2, 0) is 33.2 Å². The first-order chi connectivity index (χ1) is 12.2. The second kappa shape index (κ2) is 8.61. The quantitative estimate of drug-likeness (QED) is 0.219. The highest BCUT2D eigenvalue weighted by Gasteiger charge is 2.60. The fourth-order valence-electron chi connectivity index (χ4n) is 1.14. The smallest absolute Gasteiger partial charge is 0.346 e. The van der Waals surface area contributed by atoms with Crippen LogP contribution in [0.4, 0.5) is 28.8 Å². The largest absolute Gasteiger partial charge is 0.579 e. The first kappa shape index (κ1) is 22.6. The Kier molecular flexibility index (Phi) is 7.20. The summed E-state index contributed by atoms with van der Waals surface area (Å²) >= 11 is 0. The van der Waals surface area contributed by atoms with Gasteiger partial charge in [-0.3, -0.25) is 0 Å². The summed E-state index contributed by atoms with van der Waals surface area (Å²) in [5.74, 6) is 0. The number of ether oxygens (including phenoxy) is 7. The molecule has 19 heteroatoms. The van der Waals surface area contributed by atoms with E-state index >= 15 is 0 Å². The number of primary amides is 6. The fraction of sp³-hybridized carbons (Fsp3) is 0.250. The molecule has 0 spiro atoms. The van der Waals surface area contributed by atoms with E-state index in [0.717, 1.165) is 0 Å². The summed E-state index contributed by atoms with van der Waals surface area (Å²) < 4.78 is 28.6. The molecule has 0 heterocycles. The van der Waals surface area contributed by atoms with Crippen LogP contribution in [0.5, 0.6) is 0 Å². The molecule has 0 bridgehead atoms. The Morgan fingerprint density at radius 2 is 0.556 bits per heavy atom. The summed E-state index contributed by atoms with van der Waals surface area (Å²) in [6.45, 7) is 0. The van der Waals surface area contributed by atoms with E-state index in [-0.39, 0.29) is 0 Å². The van der Waals surface area contributed by atoms with Crippen LogP contribution in [0.2, 0.25) is 0 Å². The predicted octanol–water partition coefficient (Wildman–Crippen LogP) is -3.20. The van der Waals surface area contributed by atoms with Gasteiger partial charge in [0, 0.05) is 0 Å². The van der Waals surface area contributed by atoms with E-state index < -0.39 is 48.9 Å². The van der Waals surface area contributed by atoms with Gasteiger partial charge in [-0.1, -0.05) is 0 Å². The zero-order valence-electron chi connectivity index (χ0n) is 12.8. The maximum Gasteiger partial charge on any atom is 0.579 e. The minimum atomic E-state index is -3.91. The van der Waals surface area contributed by atoms with Crippen molar-refractivity contribution < 1.29 is 61.9 Å². The summed E-state index contributed by atoms with van der Waals surface area (Å²) in [5.41, 5.74) is 27.9.